The van der Waals surface area contributed by atoms with Crippen LogP contribution in [0.4, 0.5) is 24.8 Å². The molecule has 0 radical (unpaired) electrons. The smallest absolute Gasteiger partial charge is 0.417 e. The summed E-state index contributed by atoms with van der Waals surface area (Å²) in [6.45, 7) is 0.279. The average molecular weight is 639 g/mol. The van der Waals surface area contributed by atoms with Crippen molar-refractivity contribution >= 4 is 40.2 Å². The summed E-state index contributed by atoms with van der Waals surface area (Å²) >= 11 is 6.67. The number of aromatic nitrogens is 6. The Morgan fingerprint density at radius 1 is 1.18 bits per heavy atom. The third-order valence-corrected chi connectivity index (χ3v) is 7.81. The zero-order valence-electron chi connectivity index (χ0n) is 23.7. The molecule has 5 aromatic rings. The first-order chi connectivity index (χ1) is 21.6. The molecule has 11 nitrogen and oxygen atoms in total. The number of ether oxygens (including phenoxy) is 2. The Hall–Kier alpha value is -4.95. The number of alkyl halides is 3. The molecule has 3 N–H and O–H groups in total. The van der Waals surface area contributed by atoms with Gasteiger partial charge in [0, 0.05) is 31.8 Å². The van der Waals surface area contributed by atoms with Gasteiger partial charge in [0.05, 0.1) is 36.7 Å². The fraction of sp³-hybridized carbons (Fsp3) is 0.233. The number of fused-ring (bicyclic) bond motifs is 1. The molecule has 232 valence electrons. The maximum atomic E-state index is 14.0. The predicted octanol–water partition coefficient (Wildman–Crippen LogP) is 5.59. The van der Waals surface area contributed by atoms with Crippen LogP contribution in [0.2, 0.25) is 5.02 Å². The van der Waals surface area contributed by atoms with E-state index in [4.69, 9.17) is 26.8 Å². The third-order valence-electron chi connectivity index (χ3n) is 7.45. The second-order valence-electron chi connectivity index (χ2n) is 10.3. The minimum absolute atomic E-state index is 0.0357. The molecule has 0 aliphatic heterocycles. The average Bonchev–Trinajstić information content (AvgIpc) is 3.33. The molecule has 0 spiro atoms. The van der Waals surface area contributed by atoms with E-state index in [1.165, 1.54) is 35.6 Å². The van der Waals surface area contributed by atoms with Crippen molar-refractivity contribution in [3.05, 3.63) is 106 Å². The van der Waals surface area contributed by atoms with Crippen molar-refractivity contribution in [3.8, 4) is 5.75 Å². The van der Waals surface area contributed by atoms with Gasteiger partial charge in [-0.2, -0.15) is 18.2 Å². The number of nitrogens with one attached hydrogen (secondary N) is 1. The Balaban J connectivity index is 1.31. The van der Waals surface area contributed by atoms with Crippen LogP contribution in [0.3, 0.4) is 0 Å². The number of nitrogens with two attached hydrogens (primary N) is 1. The number of benzene rings is 1. The van der Waals surface area contributed by atoms with Crippen LogP contribution in [-0.2, 0) is 24.6 Å². The van der Waals surface area contributed by atoms with Crippen LogP contribution < -0.4 is 21.3 Å². The third kappa shape index (κ3) is 6.06. The van der Waals surface area contributed by atoms with E-state index in [-0.39, 0.29) is 40.4 Å². The summed E-state index contributed by atoms with van der Waals surface area (Å²) in [6.07, 6.45) is 3.73. The molecule has 1 fully saturated rings. The van der Waals surface area contributed by atoms with Crippen LogP contribution in [-0.4, -0.2) is 35.2 Å². The lowest BCUT2D eigenvalue weighted by molar-refractivity contribution is -0.138. The van der Waals surface area contributed by atoms with Crippen molar-refractivity contribution < 1.29 is 22.6 Å². The number of nitrogens with zero attached hydrogens (tertiary/aromatic N) is 6. The second-order valence-corrected chi connectivity index (χ2v) is 10.7. The minimum Gasteiger partial charge on any atom is -0.450 e. The van der Waals surface area contributed by atoms with E-state index >= 15 is 0 Å². The van der Waals surface area contributed by atoms with Crippen molar-refractivity contribution in [2.45, 2.75) is 37.8 Å². The normalized spacial score (nSPS) is 16.9. The van der Waals surface area contributed by atoms with Gasteiger partial charge in [-0.1, -0.05) is 41.9 Å². The Kier molecular flexibility index (Phi) is 8.16. The molecule has 6 rings (SSSR count). The molecule has 1 saturated carbocycles. The number of anilines is 2. The number of aryl methyl sites for hydroxylation is 1. The van der Waals surface area contributed by atoms with Gasteiger partial charge in [-0.05, 0) is 24.5 Å². The Bertz CT molecular complexity index is 1930. The molecule has 1 aliphatic carbocycles. The quantitative estimate of drug-likeness (QED) is 0.198. The van der Waals surface area contributed by atoms with Crippen molar-refractivity contribution in [1.82, 2.24) is 29.1 Å². The number of hydrogen-bond acceptors (Lipinski definition) is 9. The lowest BCUT2D eigenvalue weighted by Gasteiger charge is -2.38. The monoisotopic (exact) mass is 638 g/mol. The van der Waals surface area contributed by atoms with Crippen LogP contribution in [0.25, 0.3) is 16.9 Å². The summed E-state index contributed by atoms with van der Waals surface area (Å²) in [5.41, 5.74) is 5.50. The highest BCUT2D eigenvalue weighted by Gasteiger charge is 2.38. The van der Waals surface area contributed by atoms with Gasteiger partial charge in [0.2, 0.25) is 5.95 Å². The molecule has 0 bridgehead atoms. The molecule has 0 amide bonds. The first-order valence-corrected chi connectivity index (χ1v) is 14.1. The molecule has 2 atom stereocenters. The van der Waals surface area contributed by atoms with Gasteiger partial charge < -0.3 is 29.7 Å². The lowest BCUT2D eigenvalue weighted by atomic mass is 9.88. The molecule has 0 saturated heterocycles. The molecular formula is C30H26ClF3N8O3. The first kappa shape index (κ1) is 30.1. The van der Waals surface area contributed by atoms with E-state index in [9.17, 15) is 18.0 Å². The van der Waals surface area contributed by atoms with Crippen molar-refractivity contribution in [2.75, 3.05) is 5.32 Å². The zero-order valence-corrected chi connectivity index (χ0v) is 24.5. The van der Waals surface area contributed by atoms with Gasteiger partial charge in [-0.25, -0.2) is 9.97 Å². The highest BCUT2D eigenvalue weighted by atomic mass is 35.5. The maximum absolute atomic E-state index is 14.0. The van der Waals surface area contributed by atoms with E-state index in [1.807, 2.05) is 30.3 Å². The Morgan fingerprint density at radius 3 is 2.64 bits per heavy atom. The SMILES string of the molecule is Cn1c(Nc2cc(C(F)(F)F)cn([C@@H]3CC[C@@H]3OCc3ccccc3)c2=O)nc2ncc(OC(=CN)c3cnccn3)c(Cl)c21. The molecular weight excluding hydrogens is 613 g/mol. The van der Waals surface area contributed by atoms with Crippen molar-refractivity contribution in [3.63, 3.8) is 0 Å². The zero-order chi connectivity index (χ0) is 31.7. The molecule has 1 aromatic carbocycles. The highest BCUT2D eigenvalue weighted by molar-refractivity contribution is 6.36. The van der Waals surface area contributed by atoms with E-state index < -0.39 is 29.4 Å². The molecule has 45 heavy (non-hydrogen) atoms. The van der Waals surface area contributed by atoms with Crippen LogP contribution in [0.15, 0.2) is 78.4 Å². The molecule has 15 heteroatoms. The number of hydrogen-bond donors (Lipinski definition) is 2. The maximum Gasteiger partial charge on any atom is 0.417 e. The summed E-state index contributed by atoms with van der Waals surface area (Å²) in [5.74, 6) is 0.320. The summed E-state index contributed by atoms with van der Waals surface area (Å²) < 4.78 is 56.4. The van der Waals surface area contributed by atoms with Crippen LogP contribution in [0.5, 0.6) is 5.75 Å². The van der Waals surface area contributed by atoms with Gasteiger partial charge in [0.25, 0.3) is 5.56 Å². The highest BCUT2D eigenvalue weighted by Crippen LogP contribution is 2.38. The molecule has 0 unspecified atom stereocenters. The number of halogens is 4. The minimum atomic E-state index is -4.71. The summed E-state index contributed by atoms with van der Waals surface area (Å²) in [6, 6.07) is 9.61. The largest absolute Gasteiger partial charge is 0.450 e. The number of pyridine rings is 2. The van der Waals surface area contributed by atoms with Gasteiger partial charge in [0.1, 0.15) is 21.9 Å². The van der Waals surface area contributed by atoms with E-state index in [0.29, 0.717) is 24.1 Å². The van der Waals surface area contributed by atoms with Crippen molar-refractivity contribution in [2.24, 2.45) is 12.8 Å². The first-order valence-electron chi connectivity index (χ1n) is 13.8. The Morgan fingerprint density at radius 2 is 1.98 bits per heavy atom. The topological polar surface area (TPSA) is 135 Å². The van der Waals surface area contributed by atoms with Gasteiger partial charge in [0.15, 0.2) is 17.2 Å². The van der Waals surface area contributed by atoms with Crippen LogP contribution in [0.1, 0.15) is 35.7 Å². The molecule has 1 aliphatic rings. The summed E-state index contributed by atoms with van der Waals surface area (Å²) in [7, 11) is 1.57. The molecule has 4 heterocycles. The van der Waals surface area contributed by atoms with Crippen molar-refractivity contribution in [1.29, 1.82) is 0 Å². The summed E-state index contributed by atoms with van der Waals surface area (Å²) in [5, 5.41) is 2.87. The number of imidazole rings is 1. The van der Waals surface area contributed by atoms with Crippen LogP contribution >= 0.6 is 11.6 Å². The lowest BCUT2D eigenvalue weighted by Crippen LogP contribution is -2.41. The van der Waals surface area contributed by atoms with Gasteiger partial charge in [-0.3, -0.25) is 9.78 Å². The second kappa shape index (κ2) is 12.2. The van der Waals surface area contributed by atoms with Gasteiger partial charge in [-0.15, -0.1) is 0 Å². The number of rotatable bonds is 9. The fourth-order valence-electron chi connectivity index (χ4n) is 4.97. The fourth-order valence-corrected chi connectivity index (χ4v) is 5.27. The molecule has 4 aromatic heterocycles. The Labute approximate surface area is 259 Å². The summed E-state index contributed by atoms with van der Waals surface area (Å²) in [4.78, 5) is 30.4. The van der Waals surface area contributed by atoms with E-state index in [0.717, 1.165) is 22.4 Å². The standard InChI is InChI=1S/C30H26ClF3N8O3/c1-41-26-25(31)24(45-23(12-35)20-13-36-9-10-37-20)14-38-27(26)40-29(41)39-19-11-18(30(32,33)34)15-42(28(19)43)21-7-8-22(21)44-16-17-5-3-2-4-6-17/h2-6,9-15,21-22H,7-8,16,35H2,1H3,(H,38,39,40)/t21-,22+/m1/s1. The van der Waals surface area contributed by atoms with Crippen LogP contribution in [0, 0.1) is 0 Å². The van der Waals surface area contributed by atoms with Gasteiger partial charge >= 0.3 is 6.18 Å². The predicted molar refractivity (Wildman–Crippen MR) is 161 cm³/mol. The van der Waals surface area contributed by atoms with E-state index in [1.54, 1.807) is 7.05 Å². The van der Waals surface area contributed by atoms with E-state index in [2.05, 4.69) is 25.3 Å².